The Morgan fingerprint density at radius 2 is 1.94 bits per heavy atom. The van der Waals surface area contributed by atoms with Crippen molar-refractivity contribution in [1.29, 1.82) is 0 Å². The highest BCUT2D eigenvalue weighted by Gasteiger charge is 2.34. The third-order valence-electron chi connectivity index (χ3n) is 1.67. The largest absolute Gasteiger partial charge is 0.573 e. The first-order chi connectivity index (χ1) is 7.74. The summed E-state index contributed by atoms with van der Waals surface area (Å²) < 4.78 is 76.6. The van der Waals surface area contributed by atoms with Crippen molar-refractivity contribution >= 4 is 0 Å². The Balaban J connectivity index is 3.23. The second-order valence-corrected chi connectivity index (χ2v) is 2.85. The van der Waals surface area contributed by atoms with Crippen LogP contribution in [0.25, 0.3) is 0 Å². The molecule has 1 rings (SSSR count). The van der Waals surface area contributed by atoms with Crippen molar-refractivity contribution in [2.24, 2.45) is 5.73 Å². The summed E-state index contributed by atoms with van der Waals surface area (Å²) in [5, 5.41) is 0. The second kappa shape index (κ2) is 4.78. The van der Waals surface area contributed by atoms with Crippen LogP contribution in [0.15, 0.2) is 6.07 Å². The zero-order valence-electron chi connectivity index (χ0n) is 8.06. The van der Waals surface area contributed by atoms with Gasteiger partial charge in [-0.15, -0.1) is 13.2 Å². The molecule has 1 aromatic heterocycles. The summed E-state index contributed by atoms with van der Waals surface area (Å²) in [4.78, 5) is 3.00. The van der Waals surface area contributed by atoms with Crippen LogP contribution < -0.4 is 10.5 Å². The minimum absolute atomic E-state index is 0.185. The van der Waals surface area contributed by atoms with E-state index in [2.05, 4.69) is 9.72 Å². The van der Waals surface area contributed by atoms with E-state index in [4.69, 9.17) is 5.73 Å². The number of ether oxygens (including phenoxy) is 1. The Kier molecular flexibility index (Phi) is 3.81. The number of hydrogen-bond donors (Lipinski definition) is 1. The van der Waals surface area contributed by atoms with Crippen LogP contribution in [0.4, 0.5) is 26.3 Å². The lowest BCUT2D eigenvalue weighted by molar-refractivity contribution is -0.275. The maximum absolute atomic E-state index is 13.0. The molecule has 0 amide bonds. The summed E-state index contributed by atoms with van der Waals surface area (Å²) >= 11 is 0. The van der Waals surface area contributed by atoms with Gasteiger partial charge in [-0.05, 0) is 0 Å². The molecule has 0 radical (unpaired) electrons. The van der Waals surface area contributed by atoms with E-state index in [1.54, 1.807) is 0 Å². The van der Waals surface area contributed by atoms with Crippen LogP contribution in [-0.4, -0.2) is 11.3 Å². The Hall–Kier alpha value is -1.51. The van der Waals surface area contributed by atoms with Crippen molar-refractivity contribution in [2.45, 2.75) is 19.3 Å². The number of halogens is 6. The van der Waals surface area contributed by atoms with Gasteiger partial charge in [0.1, 0.15) is 11.5 Å². The smallest absolute Gasteiger partial charge is 0.403 e. The molecule has 96 valence electrons. The van der Waals surface area contributed by atoms with Gasteiger partial charge in [0.15, 0.2) is 5.75 Å². The molecule has 1 aromatic rings. The lowest BCUT2D eigenvalue weighted by Crippen LogP contribution is -2.19. The third-order valence-corrected chi connectivity index (χ3v) is 1.67. The minimum atomic E-state index is -5.21. The highest BCUT2D eigenvalue weighted by atomic mass is 19.4. The standard InChI is InChI=1S/C8H6F6N2O/c9-3-1-5(17-8(12,13)14)6(7(10)11)16-4(3)2-15/h1,7H,2,15H2. The summed E-state index contributed by atoms with van der Waals surface area (Å²) in [5.41, 5.74) is 3.12. The van der Waals surface area contributed by atoms with Gasteiger partial charge in [0, 0.05) is 12.6 Å². The molecule has 0 saturated carbocycles. The molecule has 0 aliphatic heterocycles. The van der Waals surface area contributed by atoms with Crippen molar-refractivity contribution in [3.8, 4) is 5.75 Å². The Morgan fingerprint density at radius 3 is 2.35 bits per heavy atom. The first-order valence-electron chi connectivity index (χ1n) is 4.18. The third kappa shape index (κ3) is 3.48. The van der Waals surface area contributed by atoms with Crippen molar-refractivity contribution in [1.82, 2.24) is 4.98 Å². The molecule has 0 unspecified atom stereocenters. The predicted octanol–water partition coefficient (Wildman–Crippen LogP) is 2.52. The molecule has 0 aromatic carbocycles. The molecule has 0 aliphatic rings. The first-order valence-corrected chi connectivity index (χ1v) is 4.18. The minimum Gasteiger partial charge on any atom is -0.403 e. The molecule has 3 nitrogen and oxygen atoms in total. The average Bonchev–Trinajstić information content (AvgIpc) is 2.14. The van der Waals surface area contributed by atoms with Crippen molar-refractivity contribution in [3.05, 3.63) is 23.3 Å². The molecule has 9 heteroatoms. The lowest BCUT2D eigenvalue weighted by Gasteiger charge is -2.13. The fourth-order valence-electron chi connectivity index (χ4n) is 1.03. The molecular formula is C8H6F6N2O. The lowest BCUT2D eigenvalue weighted by atomic mass is 10.2. The van der Waals surface area contributed by atoms with E-state index in [1.165, 1.54) is 0 Å². The van der Waals surface area contributed by atoms with Gasteiger partial charge < -0.3 is 10.5 Å². The second-order valence-electron chi connectivity index (χ2n) is 2.85. The Morgan fingerprint density at radius 1 is 1.35 bits per heavy atom. The Bertz CT molecular complexity index is 406. The Labute approximate surface area is 91.2 Å². The normalized spacial score (nSPS) is 12.0. The summed E-state index contributed by atoms with van der Waals surface area (Å²) in [6.45, 7) is -0.516. The van der Waals surface area contributed by atoms with Crippen LogP contribution in [0, 0.1) is 5.82 Å². The predicted molar refractivity (Wildman–Crippen MR) is 43.7 cm³/mol. The van der Waals surface area contributed by atoms with Crippen LogP contribution in [-0.2, 0) is 6.54 Å². The van der Waals surface area contributed by atoms with Crippen LogP contribution in [0.2, 0.25) is 0 Å². The van der Waals surface area contributed by atoms with Gasteiger partial charge in [-0.2, -0.15) is 0 Å². The van der Waals surface area contributed by atoms with E-state index in [0.29, 0.717) is 0 Å². The fraction of sp³-hybridized carbons (Fsp3) is 0.375. The molecule has 0 bridgehead atoms. The molecule has 0 fully saturated rings. The summed E-state index contributed by atoms with van der Waals surface area (Å²) in [6.07, 6.45) is -8.54. The van der Waals surface area contributed by atoms with Gasteiger partial charge in [0.25, 0.3) is 6.43 Å². The number of hydrogen-bond acceptors (Lipinski definition) is 3. The summed E-state index contributed by atoms with van der Waals surface area (Å²) in [7, 11) is 0. The van der Waals surface area contributed by atoms with Gasteiger partial charge in [-0.3, -0.25) is 0 Å². The topological polar surface area (TPSA) is 48.1 Å². The molecule has 0 saturated heterocycles. The zero-order valence-corrected chi connectivity index (χ0v) is 8.06. The number of nitrogens with zero attached hydrogens (tertiary/aromatic N) is 1. The van der Waals surface area contributed by atoms with Crippen molar-refractivity contribution in [3.63, 3.8) is 0 Å². The van der Waals surface area contributed by atoms with Crippen LogP contribution >= 0.6 is 0 Å². The van der Waals surface area contributed by atoms with E-state index < -0.39 is 42.3 Å². The molecule has 17 heavy (non-hydrogen) atoms. The average molecular weight is 260 g/mol. The molecule has 0 aliphatic carbocycles. The van der Waals surface area contributed by atoms with Gasteiger partial charge >= 0.3 is 6.36 Å². The molecular weight excluding hydrogens is 254 g/mol. The summed E-state index contributed by atoms with van der Waals surface area (Å²) in [5.74, 6) is -2.61. The maximum Gasteiger partial charge on any atom is 0.573 e. The number of pyridine rings is 1. The van der Waals surface area contributed by atoms with Gasteiger partial charge in [0.05, 0.1) is 5.69 Å². The number of rotatable bonds is 3. The van der Waals surface area contributed by atoms with Crippen molar-refractivity contribution < 1.29 is 31.1 Å². The molecule has 0 spiro atoms. The molecule has 1 heterocycles. The zero-order chi connectivity index (χ0) is 13.2. The van der Waals surface area contributed by atoms with E-state index in [0.717, 1.165) is 0 Å². The quantitative estimate of drug-likeness (QED) is 0.849. The molecule has 2 N–H and O–H groups in total. The van der Waals surface area contributed by atoms with Gasteiger partial charge in [-0.1, -0.05) is 0 Å². The molecule has 0 atom stereocenters. The van der Waals surface area contributed by atoms with Gasteiger partial charge in [-0.25, -0.2) is 18.2 Å². The van der Waals surface area contributed by atoms with Crippen LogP contribution in [0.5, 0.6) is 5.75 Å². The number of aromatic nitrogens is 1. The van der Waals surface area contributed by atoms with Crippen LogP contribution in [0.3, 0.4) is 0 Å². The van der Waals surface area contributed by atoms with E-state index in [1.807, 2.05) is 0 Å². The maximum atomic E-state index is 13.0. The number of nitrogens with two attached hydrogens (primary N) is 1. The monoisotopic (exact) mass is 260 g/mol. The summed E-state index contributed by atoms with van der Waals surface area (Å²) in [6, 6.07) is 0.185. The van der Waals surface area contributed by atoms with E-state index in [9.17, 15) is 26.3 Å². The van der Waals surface area contributed by atoms with Crippen molar-refractivity contribution in [2.75, 3.05) is 0 Å². The SMILES string of the molecule is NCc1nc(C(F)F)c(OC(F)(F)F)cc1F. The van der Waals surface area contributed by atoms with E-state index in [-0.39, 0.29) is 6.07 Å². The highest BCUT2D eigenvalue weighted by Crippen LogP contribution is 2.32. The van der Waals surface area contributed by atoms with Gasteiger partial charge in [0.2, 0.25) is 0 Å². The number of alkyl halides is 5. The van der Waals surface area contributed by atoms with E-state index >= 15 is 0 Å². The highest BCUT2D eigenvalue weighted by molar-refractivity contribution is 5.31. The fourth-order valence-corrected chi connectivity index (χ4v) is 1.03. The van der Waals surface area contributed by atoms with Crippen LogP contribution in [0.1, 0.15) is 17.8 Å². The first kappa shape index (κ1) is 13.6.